The Balaban J connectivity index is 1.57. The number of ether oxygens (including phenoxy) is 1. The monoisotopic (exact) mass is 531 g/mol. The number of sulfone groups is 1. The first-order chi connectivity index (χ1) is 16.8. The second-order valence-corrected chi connectivity index (χ2v) is 11.8. The highest BCUT2D eigenvalue weighted by atomic mass is 35.5. The van der Waals surface area contributed by atoms with Gasteiger partial charge in [0, 0.05) is 33.8 Å². The van der Waals surface area contributed by atoms with Crippen LogP contribution in [-0.2, 0) is 16.4 Å². The van der Waals surface area contributed by atoms with Gasteiger partial charge in [0.05, 0.1) is 18.1 Å². The summed E-state index contributed by atoms with van der Waals surface area (Å²) in [6.45, 7) is 2.94. The van der Waals surface area contributed by atoms with E-state index >= 15 is 0 Å². The van der Waals surface area contributed by atoms with Gasteiger partial charge < -0.3 is 9.64 Å². The molecular weight excluding hydrogens is 505 g/mol. The fourth-order valence-electron chi connectivity index (χ4n) is 4.18. The van der Waals surface area contributed by atoms with E-state index < -0.39 is 9.84 Å². The molecule has 3 aromatic rings. The van der Waals surface area contributed by atoms with Crippen LogP contribution in [0.5, 0.6) is 5.75 Å². The van der Waals surface area contributed by atoms with Crippen molar-refractivity contribution in [2.75, 3.05) is 18.1 Å². The van der Waals surface area contributed by atoms with Gasteiger partial charge in [0.15, 0.2) is 9.84 Å². The maximum absolute atomic E-state index is 13.5. The lowest BCUT2D eigenvalue weighted by Crippen LogP contribution is -2.40. The smallest absolute Gasteiger partial charge is 0.254 e. The Morgan fingerprint density at radius 3 is 2.34 bits per heavy atom. The number of amides is 1. The van der Waals surface area contributed by atoms with Crippen molar-refractivity contribution in [1.82, 2.24) is 4.90 Å². The number of rotatable bonds is 8. The Labute approximate surface area is 216 Å². The van der Waals surface area contributed by atoms with Crippen molar-refractivity contribution >= 4 is 38.9 Å². The third kappa shape index (κ3) is 6.37. The van der Waals surface area contributed by atoms with Crippen molar-refractivity contribution < 1.29 is 17.9 Å². The number of carbonyl (C=O) groups excluding carboxylic acids is 1. The van der Waals surface area contributed by atoms with Crippen LogP contribution in [-0.4, -0.2) is 43.4 Å². The molecule has 1 aliphatic rings. The molecule has 8 heteroatoms. The van der Waals surface area contributed by atoms with Crippen LogP contribution in [0.3, 0.4) is 0 Å². The van der Waals surface area contributed by atoms with Crippen molar-refractivity contribution in [3.8, 4) is 16.9 Å². The van der Waals surface area contributed by atoms with Gasteiger partial charge in [-0.25, -0.2) is 8.42 Å². The maximum Gasteiger partial charge on any atom is 0.254 e. The number of hydrogen-bond donors (Lipinski definition) is 0. The zero-order valence-corrected chi connectivity index (χ0v) is 21.7. The summed E-state index contributed by atoms with van der Waals surface area (Å²) in [6, 6.07) is 19.8. The van der Waals surface area contributed by atoms with Gasteiger partial charge in [-0.15, -0.1) is 0 Å². The average molecular weight is 532 g/mol. The number of nitrogens with zero attached hydrogens (tertiary/aromatic N) is 1. The molecule has 1 saturated heterocycles. The van der Waals surface area contributed by atoms with Crippen LogP contribution in [0.2, 0.25) is 10.0 Å². The zero-order chi connectivity index (χ0) is 25.0. The SMILES string of the molecule is CCCOc1ccc(C(=O)N(Cc2ccc(-c3ccc(Cl)cc3Cl)cc2)C2CCS(=O)(=O)C2)cc1. The summed E-state index contributed by atoms with van der Waals surface area (Å²) in [5, 5.41) is 1.13. The molecule has 0 aliphatic carbocycles. The van der Waals surface area contributed by atoms with Gasteiger partial charge in [-0.2, -0.15) is 0 Å². The summed E-state index contributed by atoms with van der Waals surface area (Å²) in [7, 11) is -3.16. The quantitative estimate of drug-likeness (QED) is 0.343. The minimum absolute atomic E-state index is 0.0189. The number of carbonyl (C=O) groups is 1. The summed E-state index contributed by atoms with van der Waals surface area (Å²) in [5.74, 6) is 0.586. The van der Waals surface area contributed by atoms with Crippen LogP contribution in [0.4, 0.5) is 0 Å². The van der Waals surface area contributed by atoms with Crippen LogP contribution in [0.1, 0.15) is 35.7 Å². The fourth-order valence-corrected chi connectivity index (χ4v) is 6.43. The number of halogens is 2. The van der Waals surface area contributed by atoms with Gasteiger partial charge in [-0.3, -0.25) is 4.79 Å². The van der Waals surface area contributed by atoms with Gasteiger partial charge in [0.2, 0.25) is 0 Å². The lowest BCUT2D eigenvalue weighted by atomic mass is 10.0. The first-order valence-electron chi connectivity index (χ1n) is 11.5. The van der Waals surface area contributed by atoms with Crippen LogP contribution in [0.25, 0.3) is 11.1 Å². The molecular formula is C27H27Cl2NO4S. The molecule has 1 unspecified atom stereocenters. The van der Waals surface area contributed by atoms with E-state index in [1.807, 2.05) is 37.3 Å². The highest BCUT2D eigenvalue weighted by Crippen LogP contribution is 2.31. The first kappa shape index (κ1) is 25.5. The minimum atomic E-state index is -3.16. The summed E-state index contributed by atoms with van der Waals surface area (Å²) in [4.78, 5) is 15.2. The van der Waals surface area contributed by atoms with E-state index in [1.165, 1.54) is 0 Å². The molecule has 1 fully saturated rings. The van der Waals surface area contributed by atoms with Crippen LogP contribution >= 0.6 is 23.2 Å². The molecule has 35 heavy (non-hydrogen) atoms. The predicted molar refractivity (Wildman–Crippen MR) is 141 cm³/mol. The Morgan fingerprint density at radius 1 is 1.03 bits per heavy atom. The molecule has 0 aromatic heterocycles. The van der Waals surface area contributed by atoms with Gasteiger partial charge in [0.25, 0.3) is 5.91 Å². The summed E-state index contributed by atoms with van der Waals surface area (Å²) >= 11 is 12.4. The van der Waals surface area contributed by atoms with Gasteiger partial charge in [-0.1, -0.05) is 60.5 Å². The molecule has 1 heterocycles. The van der Waals surface area contributed by atoms with Gasteiger partial charge in [-0.05, 0) is 60.4 Å². The average Bonchev–Trinajstić information content (AvgIpc) is 3.21. The van der Waals surface area contributed by atoms with Crippen molar-refractivity contribution in [2.45, 2.75) is 32.4 Å². The zero-order valence-electron chi connectivity index (χ0n) is 19.4. The van der Waals surface area contributed by atoms with Crippen molar-refractivity contribution in [2.24, 2.45) is 0 Å². The fraction of sp³-hybridized carbons (Fsp3) is 0.296. The van der Waals surface area contributed by atoms with Crippen molar-refractivity contribution in [1.29, 1.82) is 0 Å². The highest BCUT2D eigenvalue weighted by molar-refractivity contribution is 7.91. The van der Waals surface area contributed by atoms with Crippen molar-refractivity contribution in [3.63, 3.8) is 0 Å². The molecule has 3 aromatic carbocycles. The minimum Gasteiger partial charge on any atom is -0.494 e. The van der Waals surface area contributed by atoms with E-state index in [0.29, 0.717) is 40.9 Å². The molecule has 5 nitrogen and oxygen atoms in total. The summed E-state index contributed by atoms with van der Waals surface area (Å²) in [6.07, 6.45) is 1.33. The lowest BCUT2D eigenvalue weighted by molar-refractivity contribution is 0.0681. The molecule has 0 bridgehead atoms. The van der Waals surface area contributed by atoms with Gasteiger partial charge in [0.1, 0.15) is 5.75 Å². The molecule has 1 aliphatic heterocycles. The van der Waals surface area contributed by atoms with E-state index in [4.69, 9.17) is 27.9 Å². The Hall–Kier alpha value is -2.54. The third-order valence-corrected chi connectivity index (χ3v) is 8.33. The molecule has 0 radical (unpaired) electrons. The highest BCUT2D eigenvalue weighted by Gasteiger charge is 2.35. The number of hydrogen-bond acceptors (Lipinski definition) is 4. The Morgan fingerprint density at radius 2 is 1.74 bits per heavy atom. The molecule has 0 saturated carbocycles. The van der Waals surface area contributed by atoms with Crippen LogP contribution in [0, 0.1) is 0 Å². The first-order valence-corrected chi connectivity index (χ1v) is 14.1. The largest absolute Gasteiger partial charge is 0.494 e. The van der Waals surface area contributed by atoms with Crippen molar-refractivity contribution in [3.05, 3.63) is 87.9 Å². The molecule has 184 valence electrons. The maximum atomic E-state index is 13.5. The third-order valence-electron chi connectivity index (χ3n) is 6.03. The van der Waals surface area contributed by atoms with E-state index in [1.54, 1.807) is 41.3 Å². The molecule has 1 atom stereocenters. The molecule has 0 spiro atoms. The predicted octanol–water partition coefficient (Wildman–Crippen LogP) is 6.28. The topological polar surface area (TPSA) is 63.7 Å². The second-order valence-electron chi connectivity index (χ2n) is 8.68. The normalized spacial score (nSPS) is 16.7. The standard InChI is InChI=1S/C27H27Cl2NO4S/c1-2-14-34-24-10-7-21(8-11-24)27(31)30(23-13-15-35(32,33)18-23)17-19-3-5-20(6-4-19)25-12-9-22(28)16-26(25)29/h3-12,16,23H,2,13-15,17-18H2,1H3. The van der Waals surface area contributed by atoms with E-state index in [9.17, 15) is 13.2 Å². The van der Waals surface area contributed by atoms with Crippen LogP contribution in [0.15, 0.2) is 66.7 Å². The lowest BCUT2D eigenvalue weighted by Gasteiger charge is -2.29. The Bertz CT molecular complexity index is 1290. The van der Waals surface area contributed by atoms with E-state index in [0.717, 1.165) is 23.1 Å². The van der Waals surface area contributed by atoms with E-state index in [-0.39, 0.29) is 23.5 Å². The number of benzene rings is 3. The molecule has 0 N–H and O–H groups in total. The van der Waals surface area contributed by atoms with Crippen LogP contribution < -0.4 is 4.74 Å². The molecule has 1 amide bonds. The summed E-state index contributed by atoms with van der Waals surface area (Å²) in [5.41, 5.74) is 3.20. The summed E-state index contributed by atoms with van der Waals surface area (Å²) < 4.78 is 30.0. The van der Waals surface area contributed by atoms with E-state index in [2.05, 4.69) is 0 Å². The molecule has 4 rings (SSSR count). The van der Waals surface area contributed by atoms with Gasteiger partial charge >= 0.3 is 0 Å². The second kappa shape index (κ2) is 11.0. The Kier molecular flexibility index (Phi) is 8.05.